The fraction of sp³-hybridized carbons (Fsp3) is 0.474. The molecule has 1 aliphatic heterocycles. The quantitative estimate of drug-likeness (QED) is 0.674. The van der Waals surface area contributed by atoms with Crippen LogP contribution in [0.4, 0.5) is 4.39 Å². The number of guanidine groups is 1. The van der Waals surface area contributed by atoms with Gasteiger partial charge in [0.2, 0.25) is 0 Å². The number of rotatable bonds is 4. The van der Waals surface area contributed by atoms with E-state index in [1.807, 2.05) is 24.8 Å². The third-order valence-corrected chi connectivity index (χ3v) is 5.00. The number of imidazole rings is 1. The molecule has 1 aliphatic rings. The van der Waals surface area contributed by atoms with Crippen LogP contribution in [0.25, 0.3) is 0 Å². The lowest BCUT2D eigenvalue weighted by atomic mass is 9.93. The minimum Gasteiger partial charge on any atom is -0.494 e. The second kappa shape index (κ2) is 8.21. The lowest BCUT2D eigenvalue weighted by Gasteiger charge is -2.39. The largest absolute Gasteiger partial charge is 0.494 e. The number of halogens is 1. The number of nitrogens with one attached hydrogen (secondary N) is 1. The molecule has 140 valence electrons. The molecule has 7 heteroatoms. The van der Waals surface area contributed by atoms with Crippen LogP contribution in [0, 0.1) is 11.7 Å². The van der Waals surface area contributed by atoms with Crippen LogP contribution in [-0.4, -0.2) is 47.7 Å². The summed E-state index contributed by atoms with van der Waals surface area (Å²) in [6, 6.07) is 5.36. The van der Waals surface area contributed by atoms with Crippen LogP contribution in [0.15, 0.2) is 41.9 Å². The molecule has 0 bridgehead atoms. The summed E-state index contributed by atoms with van der Waals surface area (Å²) in [7, 11) is 3.24. The third kappa shape index (κ3) is 3.98. The first kappa shape index (κ1) is 18.2. The van der Waals surface area contributed by atoms with Gasteiger partial charge < -0.3 is 19.5 Å². The zero-order chi connectivity index (χ0) is 18.5. The standard InChI is InChI=1S/C19H26FN5O/c1-14-6-8-24(12-17(14)25-9-7-22-13-25)19(21-2)23-11-15-4-5-18(26-3)16(20)10-15/h4-5,7,9-10,13-14,17H,6,8,11-12H2,1-3H3,(H,21,23). The van der Waals surface area contributed by atoms with Crippen molar-refractivity contribution in [1.82, 2.24) is 19.8 Å². The third-order valence-electron chi connectivity index (χ3n) is 5.00. The van der Waals surface area contributed by atoms with Crippen LogP contribution in [-0.2, 0) is 6.54 Å². The van der Waals surface area contributed by atoms with Crippen molar-refractivity contribution in [2.45, 2.75) is 25.9 Å². The molecule has 2 unspecified atom stereocenters. The summed E-state index contributed by atoms with van der Waals surface area (Å²) < 4.78 is 21.0. The summed E-state index contributed by atoms with van der Waals surface area (Å²) in [6.45, 7) is 4.60. The predicted molar refractivity (Wildman–Crippen MR) is 99.8 cm³/mol. The van der Waals surface area contributed by atoms with E-state index in [9.17, 15) is 4.39 Å². The minimum atomic E-state index is -0.353. The fourth-order valence-corrected chi connectivity index (χ4v) is 3.43. The van der Waals surface area contributed by atoms with Crippen molar-refractivity contribution in [3.63, 3.8) is 0 Å². The van der Waals surface area contributed by atoms with E-state index in [2.05, 4.69) is 31.7 Å². The van der Waals surface area contributed by atoms with Gasteiger partial charge in [0.15, 0.2) is 17.5 Å². The van der Waals surface area contributed by atoms with Gasteiger partial charge in [0, 0.05) is 39.1 Å². The fourth-order valence-electron chi connectivity index (χ4n) is 3.43. The summed E-state index contributed by atoms with van der Waals surface area (Å²) in [6.07, 6.45) is 6.79. The molecule has 2 atom stereocenters. The molecule has 1 saturated heterocycles. The van der Waals surface area contributed by atoms with E-state index in [0.29, 0.717) is 18.5 Å². The Morgan fingerprint density at radius 2 is 2.31 bits per heavy atom. The number of likely N-dealkylation sites (tertiary alicyclic amines) is 1. The van der Waals surface area contributed by atoms with Gasteiger partial charge in [-0.3, -0.25) is 4.99 Å². The van der Waals surface area contributed by atoms with E-state index >= 15 is 0 Å². The highest BCUT2D eigenvalue weighted by atomic mass is 19.1. The first-order valence-electron chi connectivity index (χ1n) is 8.87. The van der Waals surface area contributed by atoms with Gasteiger partial charge in [0.05, 0.1) is 19.5 Å². The summed E-state index contributed by atoms with van der Waals surface area (Å²) in [5, 5.41) is 3.34. The first-order valence-corrected chi connectivity index (χ1v) is 8.87. The van der Waals surface area contributed by atoms with Gasteiger partial charge in [-0.25, -0.2) is 9.37 Å². The Labute approximate surface area is 153 Å². The molecule has 2 aromatic rings. The van der Waals surface area contributed by atoms with Crippen LogP contribution in [0.3, 0.4) is 0 Å². The lowest BCUT2D eigenvalue weighted by molar-refractivity contribution is 0.189. The van der Waals surface area contributed by atoms with Crippen molar-refractivity contribution in [2.24, 2.45) is 10.9 Å². The highest BCUT2D eigenvalue weighted by Gasteiger charge is 2.28. The van der Waals surface area contributed by atoms with Crippen LogP contribution >= 0.6 is 0 Å². The maximum Gasteiger partial charge on any atom is 0.193 e. The summed E-state index contributed by atoms with van der Waals surface area (Å²) >= 11 is 0. The number of ether oxygens (including phenoxy) is 1. The van der Waals surface area contributed by atoms with E-state index in [1.165, 1.54) is 13.2 Å². The Morgan fingerprint density at radius 1 is 1.46 bits per heavy atom. The van der Waals surface area contributed by atoms with E-state index in [1.54, 1.807) is 13.1 Å². The Balaban J connectivity index is 1.64. The Bertz CT molecular complexity index is 746. The molecule has 0 amide bonds. The number of hydrogen-bond acceptors (Lipinski definition) is 3. The van der Waals surface area contributed by atoms with Crippen molar-refractivity contribution in [3.8, 4) is 5.75 Å². The molecule has 3 rings (SSSR count). The molecular weight excluding hydrogens is 333 g/mol. The summed E-state index contributed by atoms with van der Waals surface area (Å²) in [5.74, 6) is 1.31. The van der Waals surface area contributed by atoms with Crippen LogP contribution in [0.1, 0.15) is 24.9 Å². The number of piperidine rings is 1. The number of methoxy groups -OCH3 is 1. The lowest BCUT2D eigenvalue weighted by Crippen LogP contribution is -2.48. The SMILES string of the molecule is CN=C(NCc1ccc(OC)c(F)c1)N1CCC(C)C(n2ccnc2)C1. The van der Waals surface area contributed by atoms with Crippen molar-refractivity contribution < 1.29 is 9.13 Å². The van der Waals surface area contributed by atoms with Gasteiger partial charge in [-0.15, -0.1) is 0 Å². The van der Waals surface area contributed by atoms with Crippen LogP contribution in [0.5, 0.6) is 5.75 Å². The van der Waals surface area contributed by atoms with Crippen LogP contribution in [0.2, 0.25) is 0 Å². The molecule has 0 saturated carbocycles. The highest BCUT2D eigenvalue weighted by Crippen LogP contribution is 2.27. The minimum absolute atomic E-state index is 0.256. The highest BCUT2D eigenvalue weighted by molar-refractivity contribution is 5.80. The zero-order valence-corrected chi connectivity index (χ0v) is 15.5. The first-order chi connectivity index (χ1) is 12.6. The van der Waals surface area contributed by atoms with Gasteiger partial charge in [-0.2, -0.15) is 0 Å². The number of aliphatic imine (C=N–C) groups is 1. The molecule has 1 N–H and O–H groups in total. The molecular formula is C19H26FN5O. The summed E-state index contributed by atoms with van der Waals surface area (Å²) in [5.41, 5.74) is 0.848. The van der Waals surface area contributed by atoms with E-state index in [0.717, 1.165) is 31.0 Å². The van der Waals surface area contributed by atoms with Crippen molar-refractivity contribution in [1.29, 1.82) is 0 Å². The second-order valence-corrected chi connectivity index (χ2v) is 6.66. The maximum absolute atomic E-state index is 13.9. The molecule has 1 aromatic carbocycles. The van der Waals surface area contributed by atoms with Crippen molar-refractivity contribution >= 4 is 5.96 Å². The second-order valence-electron chi connectivity index (χ2n) is 6.66. The van der Waals surface area contributed by atoms with E-state index in [4.69, 9.17) is 4.74 Å². The monoisotopic (exact) mass is 359 g/mol. The van der Waals surface area contributed by atoms with Crippen LogP contribution < -0.4 is 10.1 Å². The predicted octanol–water partition coefficient (Wildman–Crippen LogP) is 2.69. The molecule has 0 aliphatic carbocycles. The molecule has 6 nitrogen and oxygen atoms in total. The maximum atomic E-state index is 13.9. The topological polar surface area (TPSA) is 54.7 Å². The molecule has 0 spiro atoms. The van der Waals surface area contributed by atoms with E-state index in [-0.39, 0.29) is 11.6 Å². The van der Waals surface area contributed by atoms with E-state index < -0.39 is 0 Å². The van der Waals surface area contributed by atoms with Gasteiger partial charge in [0.1, 0.15) is 0 Å². The Morgan fingerprint density at radius 3 is 2.96 bits per heavy atom. The molecule has 1 fully saturated rings. The number of aromatic nitrogens is 2. The molecule has 2 heterocycles. The average molecular weight is 359 g/mol. The molecule has 0 radical (unpaired) electrons. The number of benzene rings is 1. The molecule has 26 heavy (non-hydrogen) atoms. The zero-order valence-electron chi connectivity index (χ0n) is 15.5. The van der Waals surface area contributed by atoms with Gasteiger partial charge in [0.25, 0.3) is 0 Å². The average Bonchev–Trinajstić information content (AvgIpc) is 3.18. The van der Waals surface area contributed by atoms with Gasteiger partial charge >= 0.3 is 0 Å². The number of nitrogens with zero attached hydrogens (tertiary/aromatic N) is 4. The van der Waals surface area contributed by atoms with Crippen molar-refractivity contribution in [3.05, 3.63) is 48.3 Å². The Kier molecular flexibility index (Phi) is 5.75. The normalized spacial score (nSPS) is 20.9. The smallest absolute Gasteiger partial charge is 0.193 e. The van der Waals surface area contributed by atoms with Gasteiger partial charge in [-0.1, -0.05) is 13.0 Å². The molecule has 1 aromatic heterocycles. The van der Waals surface area contributed by atoms with Crippen molar-refractivity contribution in [2.75, 3.05) is 27.2 Å². The number of hydrogen-bond donors (Lipinski definition) is 1. The summed E-state index contributed by atoms with van der Waals surface area (Å²) in [4.78, 5) is 10.8. The Hall–Kier alpha value is -2.57. The van der Waals surface area contributed by atoms with Gasteiger partial charge in [-0.05, 0) is 30.0 Å².